The quantitative estimate of drug-likeness (QED) is 0.318. The lowest BCUT2D eigenvalue weighted by molar-refractivity contribution is -0.143. The number of hydrogen-bond acceptors (Lipinski definition) is 5. The van der Waals surface area contributed by atoms with E-state index in [1.54, 1.807) is 0 Å². The molecule has 2 heterocycles. The molecule has 0 fully saturated rings. The minimum Gasteiger partial charge on any atom is -0.465 e. The Bertz CT molecular complexity index is 1430. The Morgan fingerprint density at radius 2 is 1.60 bits per heavy atom. The van der Waals surface area contributed by atoms with Gasteiger partial charge in [0.25, 0.3) is 5.95 Å². The van der Waals surface area contributed by atoms with E-state index < -0.39 is 59.5 Å². The maximum absolute atomic E-state index is 13.9. The monoisotopic (exact) mass is 610 g/mol. The summed E-state index contributed by atoms with van der Waals surface area (Å²) in [5.74, 6) is -0.235. The van der Waals surface area contributed by atoms with Gasteiger partial charge in [-0.25, -0.2) is 4.79 Å². The minimum absolute atomic E-state index is 0.0215. The first-order chi connectivity index (χ1) is 19.4. The van der Waals surface area contributed by atoms with Gasteiger partial charge in [-0.2, -0.15) is 44.3 Å². The molecule has 1 N–H and O–H groups in total. The number of hydrogen-bond donors (Lipinski definition) is 1. The van der Waals surface area contributed by atoms with Gasteiger partial charge in [0.15, 0.2) is 0 Å². The number of fused-ring (bicyclic) bond motifs is 1. The molecule has 17 heteroatoms. The lowest BCUT2D eigenvalue weighted by Gasteiger charge is -2.33. The Morgan fingerprint density at radius 1 is 0.976 bits per heavy atom. The third-order valence-electron chi connectivity index (χ3n) is 6.81. The molecule has 228 valence electrons. The number of carboxylic acid groups (broad SMARTS) is 1. The summed E-state index contributed by atoms with van der Waals surface area (Å²) in [6.45, 7) is 0.602. The summed E-state index contributed by atoms with van der Waals surface area (Å²) < 4.78 is 123. The molecule has 8 nitrogen and oxygen atoms in total. The molecular weight excluding hydrogens is 587 g/mol. The van der Waals surface area contributed by atoms with E-state index in [-0.39, 0.29) is 54.6 Å². The van der Waals surface area contributed by atoms with Crippen LogP contribution >= 0.6 is 0 Å². The molecule has 1 amide bonds. The number of benzene rings is 2. The van der Waals surface area contributed by atoms with E-state index in [2.05, 4.69) is 15.4 Å². The fourth-order valence-electron chi connectivity index (χ4n) is 4.97. The smallest absolute Gasteiger partial charge is 0.416 e. The molecule has 2 aromatic carbocycles. The molecule has 0 saturated carbocycles. The van der Waals surface area contributed by atoms with Crippen molar-refractivity contribution in [2.75, 3.05) is 16.3 Å². The van der Waals surface area contributed by atoms with Crippen LogP contribution in [0.5, 0.6) is 0 Å². The van der Waals surface area contributed by atoms with Gasteiger partial charge < -0.3 is 10.0 Å². The van der Waals surface area contributed by atoms with Crippen molar-refractivity contribution in [3.8, 4) is 0 Å². The molecular formula is C25H23F9N6O2. The number of amides is 1. The number of halogens is 9. The molecule has 3 aromatic rings. The summed E-state index contributed by atoms with van der Waals surface area (Å²) in [5.41, 5.74) is -5.04. The maximum atomic E-state index is 13.9. The van der Waals surface area contributed by atoms with Gasteiger partial charge in [0.05, 0.1) is 35.5 Å². The van der Waals surface area contributed by atoms with Crippen LogP contribution in [0.1, 0.15) is 59.2 Å². The van der Waals surface area contributed by atoms with Crippen molar-refractivity contribution in [1.82, 2.24) is 20.2 Å². The summed E-state index contributed by atoms with van der Waals surface area (Å²) in [6, 6.07) is 1.86. The zero-order valence-electron chi connectivity index (χ0n) is 21.9. The number of aryl methyl sites for hydroxylation is 2. The molecule has 0 bridgehead atoms. The van der Waals surface area contributed by atoms with Crippen LogP contribution < -0.4 is 9.80 Å². The predicted molar refractivity (Wildman–Crippen MR) is 130 cm³/mol. The fourth-order valence-corrected chi connectivity index (χ4v) is 4.97. The molecule has 0 aliphatic carbocycles. The van der Waals surface area contributed by atoms with Crippen LogP contribution in [0.15, 0.2) is 30.3 Å². The third kappa shape index (κ3) is 6.38. The van der Waals surface area contributed by atoms with Crippen LogP contribution in [0.3, 0.4) is 0 Å². The highest BCUT2D eigenvalue weighted by Crippen LogP contribution is 2.44. The second-order valence-electron chi connectivity index (χ2n) is 9.63. The van der Waals surface area contributed by atoms with Crippen LogP contribution in [0.25, 0.3) is 0 Å². The van der Waals surface area contributed by atoms with Crippen LogP contribution in [0.2, 0.25) is 0 Å². The van der Waals surface area contributed by atoms with Gasteiger partial charge in [-0.1, -0.05) is 18.1 Å². The summed E-state index contributed by atoms with van der Waals surface area (Å²) in [6.07, 6.45) is -16.6. The molecule has 1 aliphatic heterocycles. The number of nitrogens with zero attached hydrogens (tertiary/aromatic N) is 6. The van der Waals surface area contributed by atoms with E-state index in [4.69, 9.17) is 0 Å². The predicted octanol–water partition coefficient (Wildman–Crippen LogP) is 6.86. The summed E-state index contributed by atoms with van der Waals surface area (Å²) in [5, 5.41) is 21.4. The standard InChI is InChI=1S/C25H23F9N6O2/c1-3-14-9-17-19(5-4-6-39(22(41)42)20(17)11-18(14)25(32,33)34)40(21-35-37-38(2)36-21)12-13-7-15(23(26,27)28)10-16(8-13)24(29,30)31/h7-11,19H,3-6,12H2,1-2H3,(H,41,42). The topological polar surface area (TPSA) is 87.4 Å². The molecule has 0 radical (unpaired) electrons. The van der Waals surface area contributed by atoms with E-state index in [1.165, 1.54) is 24.9 Å². The highest BCUT2D eigenvalue weighted by atomic mass is 19.4. The highest BCUT2D eigenvalue weighted by Gasteiger charge is 2.40. The van der Waals surface area contributed by atoms with Gasteiger partial charge in [-0.3, -0.25) is 4.90 Å². The Labute approximate surface area is 232 Å². The van der Waals surface area contributed by atoms with Crippen molar-refractivity contribution >= 4 is 17.7 Å². The van der Waals surface area contributed by atoms with Crippen molar-refractivity contribution in [2.24, 2.45) is 7.05 Å². The van der Waals surface area contributed by atoms with E-state index in [9.17, 15) is 49.4 Å². The minimum atomic E-state index is -5.12. The Balaban J connectivity index is 1.94. The van der Waals surface area contributed by atoms with Crippen LogP contribution in [0, 0.1) is 0 Å². The Hall–Kier alpha value is -4.05. The largest absolute Gasteiger partial charge is 0.465 e. The van der Waals surface area contributed by atoms with Crippen LogP contribution in [-0.2, 0) is 38.5 Å². The normalized spacial score (nSPS) is 16.3. The van der Waals surface area contributed by atoms with Crippen molar-refractivity contribution in [3.63, 3.8) is 0 Å². The zero-order chi connectivity index (χ0) is 31.2. The molecule has 0 saturated heterocycles. The number of tetrazole rings is 1. The van der Waals surface area contributed by atoms with Gasteiger partial charge in [0, 0.05) is 13.1 Å². The first kappa shape index (κ1) is 30.9. The SMILES string of the molecule is CCc1cc2c(cc1C(F)(F)F)N(C(=O)O)CCCC2N(Cc1cc(C(F)(F)F)cc(C(F)(F)F)c1)c1nnn(C)n1. The second kappa shape index (κ2) is 11.0. The fraction of sp³-hybridized carbons (Fsp3) is 0.440. The lowest BCUT2D eigenvalue weighted by Crippen LogP contribution is -2.32. The van der Waals surface area contributed by atoms with Gasteiger partial charge in [0.1, 0.15) is 0 Å². The summed E-state index contributed by atoms with van der Waals surface area (Å²) in [7, 11) is 1.36. The average molecular weight is 610 g/mol. The molecule has 1 aromatic heterocycles. The van der Waals surface area contributed by atoms with Gasteiger partial charge in [-0.15, -0.1) is 5.10 Å². The molecule has 4 rings (SSSR count). The number of aromatic nitrogens is 4. The number of alkyl halides is 9. The number of rotatable bonds is 5. The summed E-state index contributed by atoms with van der Waals surface area (Å²) in [4.78, 5) is 15.0. The maximum Gasteiger partial charge on any atom is 0.416 e. The van der Waals surface area contributed by atoms with Crippen molar-refractivity contribution in [2.45, 2.75) is 57.3 Å². The van der Waals surface area contributed by atoms with Crippen molar-refractivity contribution in [3.05, 3.63) is 63.7 Å². The van der Waals surface area contributed by atoms with Crippen LogP contribution in [-0.4, -0.2) is 38.0 Å². The van der Waals surface area contributed by atoms with Gasteiger partial charge >= 0.3 is 24.6 Å². The van der Waals surface area contributed by atoms with E-state index >= 15 is 0 Å². The Kier molecular flexibility index (Phi) is 8.08. The molecule has 0 spiro atoms. The van der Waals surface area contributed by atoms with E-state index in [1.807, 2.05) is 0 Å². The summed E-state index contributed by atoms with van der Waals surface area (Å²) >= 11 is 0. The molecule has 1 unspecified atom stereocenters. The number of carbonyl (C=O) groups is 1. The first-order valence-electron chi connectivity index (χ1n) is 12.4. The Morgan fingerprint density at radius 3 is 2.07 bits per heavy atom. The van der Waals surface area contributed by atoms with Gasteiger partial charge in [0.2, 0.25) is 0 Å². The van der Waals surface area contributed by atoms with Crippen molar-refractivity contribution in [1.29, 1.82) is 0 Å². The van der Waals surface area contributed by atoms with E-state index in [0.717, 1.165) is 9.70 Å². The van der Waals surface area contributed by atoms with E-state index in [0.29, 0.717) is 18.2 Å². The molecule has 1 atom stereocenters. The average Bonchev–Trinajstić information content (AvgIpc) is 3.21. The number of anilines is 2. The lowest BCUT2D eigenvalue weighted by atomic mass is 9.93. The first-order valence-corrected chi connectivity index (χ1v) is 12.4. The van der Waals surface area contributed by atoms with Crippen LogP contribution in [0.4, 0.5) is 55.9 Å². The highest BCUT2D eigenvalue weighted by molar-refractivity contribution is 5.88. The van der Waals surface area contributed by atoms with Crippen molar-refractivity contribution < 1.29 is 49.4 Å². The molecule has 1 aliphatic rings. The van der Waals surface area contributed by atoms with Gasteiger partial charge in [-0.05, 0) is 65.4 Å². The second-order valence-corrected chi connectivity index (χ2v) is 9.63. The molecule has 42 heavy (non-hydrogen) atoms. The zero-order valence-corrected chi connectivity index (χ0v) is 21.9. The third-order valence-corrected chi connectivity index (χ3v) is 6.81.